The third-order valence-electron chi connectivity index (χ3n) is 2.62. The number of hydrogen-bond donors (Lipinski definition) is 2. The summed E-state index contributed by atoms with van der Waals surface area (Å²) in [6.45, 7) is -2.96. The van der Waals surface area contributed by atoms with Gasteiger partial charge < -0.3 is 15.2 Å². The summed E-state index contributed by atoms with van der Waals surface area (Å²) in [5.41, 5.74) is 0.286. The highest BCUT2D eigenvalue weighted by Crippen LogP contribution is 2.22. The Morgan fingerprint density at radius 1 is 1.48 bits per heavy atom. The van der Waals surface area contributed by atoms with Crippen LogP contribution in [0, 0.1) is 0 Å². The lowest BCUT2D eigenvalue weighted by Gasteiger charge is -2.06. The van der Waals surface area contributed by atoms with Crippen molar-refractivity contribution in [3.05, 3.63) is 29.8 Å². The second-order valence-electron chi connectivity index (χ2n) is 4.26. The van der Waals surface area contributed by atoms with Crippen molar-refractivity contribution < 1.29 is 28.2 Å². The van der Waals surface area contributed by atoms with Crippen LogP contribution < -0.4 is 10.1 Å². The Balaban J connectivity index is 2.04. The van der Waals surface area contributed by atoms with Crippen molar-refractivity contribution in [2.24, 2.45) is 10.2 Å². The van der Waals surface area contributed by atoms with Gasteiger partial charge in [-0.3, -0.25) is 9.59 Å². The number of nitrogens with one attached hydrogen (secondary N) is 1. The van der Waals surface area contributed by atoms with Gasteiger partial charge in [-0.15, -0.1) is 5.10 Å². The second kappa shape index (κ2) is 7.68. The third-order valence-corrected chi connectivity index (χ3v) is 3.69. The molecule has 1 atom stereocenters. The average molecular weight is 343 g/mol. The summed E-state index contributed by atoms with van der Waals surface area (Å²) in [6, 6.07) is 6.01. The third kappa shape index (κ3) is 5.02. The number of aliphatic carboxylic acids is 1. The molecule has 1 amide bonds. The lowest BCUT2D eigenvalue weighted by molar-refractivity contribution is -0.138. The summed E-state index contributed by atoms with van der Waals surface area (Å²) in [6.07, 6.45) is 0.867. The first-order valence-electron chi connectivity index (χ1n) is 6.30. The zero-order valence-corrected chi connectivity index (χ0v) is 12.3. The number of amides is 1. The molecule has 0 aromatic heterocycles. The van der Waals surface area contributed by atoms with Gasteiger partial charge in [0.15, 0.2) is 5.17 Å². The van der Waals surface area contributed by atoms with Gasteiger partial charge in [-0.1, -0.05) is 23.9 Å². The largest absolute Gasteiger partial charge is 0.481 e. The Morgan fingerprint density at radius 2 is 2.22 bits per heavy atom. The topological polar surface area (TPSA) is 100 Å². The molecule has 7 nitrogen and oxygen atoms in total. The maximum absolute atomic E-state index is 12.3. The van der Waals surface area contributed by atoms with E-state index < -0.39 is 23.7 Å². The number of amidine groups is 1. The van der Waals surface area contributed by atoms with Crippen molar-refractivity contribution in [1.82, 2.24) is 5.32 Å². The number of para-hydroxylation sites is 1. The summed E-state index contributed by atoms with van der Waals surface area (Å²) in [4.78, 5) is 22.1. The van der Waals surface area contributed by atoms with E-state index in [-0.39, 0.29) is 22.9 Å². The molecule has 1 aromatic carbocycles. The predicted molar refractivity (Wildman–Crippen MR) is 79.9 cm³/mol. The number of thioether (sulfide) groups is 1. The molecule has 0 spiro atoms. The predicted octanol–water partition coefficient (Wildman–Crippen LogP) is 1.68. The molecule has 0 bridgehead atoms. The number of carboxylic acid groups (broad SMARTS) is 1. The molecule has 10 heteroatoms. The Kier molecular flexibility index (Phi) is 5.63. The van der Waals surface area contributed by atoms with Crippen molar-refractivity contribution in [2.75, 3.05) is 0 Å². The monoisotopic (exact) mass is 343 g/mol. The van der Waals surface area contributed by atoms with Crippen molar-refractivity contribution in [2.45, 2.75) is 18.3 Å². The zero-order valence-electron chi connectivity index (χ0n) is 11.5. The van der Waals surface area contributed by atoms with E-state index in [1.165, 1.54) is 24.4 Å². The van der Waals surface area contributed by atoms with Gasteiger partial charge in [0.05, 0.1) is 12.6 Å². The van der Waals surface area contributed by atoms with Crippen LogP contribution in [0.4, 0.5) is 8.78 Å². The summed E-state index contributed by atoms with van der Waals surface area (Å²) < 4.78 is 28.9. The highest BCUT2D eigenvalue weighted by Gasteiger charge is 2.32. The van der Waals surface area contributed by atoms with Gasteiger partial charge in [0.1, 0.15) is 11.0 Å². The fourth-order valence-electron chi connectivity index (χ4n) is 1.68. The number of carbonyl (C=O) groups is 2. The van der Waals surface area contributed by atoms with Crippen molar-refractivity contribution in [3.63, 3.8) is 0 Å². The van der Waals surface area contributed by atoms with Crippen LogP contribution in [-0.2, 0) is 9.59 Å². The van der Waals surface area contributed by atoms with Gasteiger partial charge in [0.2, 0.25) is 5.91 Å². The smallest absolute Gasteiger partial charge is 0.387 e. The summed E-state index contributed by atoms with van der Waals surface area (Å²) in [7, 11) is 0. The first-order valence-corrected chi connectivity index (χ1v) is 7.18. The molecular formula is C13H11F2N3O4S. The van der Waals surface area contributed by atoms with Gasteiger partial charge in [0.25, 0.3) is 0 Å². The summed E-state index contributed by atoms with van der Waals surface area (Å²) >= 11 is 0.941. The maximum atomic E-state index is 12.3. The average Bonchev–Trinajstić information content (AvgIpc) is 2.80. The molecule has 0 radical (unpaired) electrons. The molecule has 0 aliphatic carbocycles. The molecule has 1 unspecified atom stereocenters. The van der Waals surface area contributed by atoms with Gasteiger partial charge in [-0.05, 0) is 12.1 Å². The molecule has 1 aliphatic rings. The first-order chi connectivity index (χ1) is 11.0. The van der Waals surface area contributed by atoms with Gasteiger partial charge >= 0.3 is 12.6 Å². The quantitative estimate of drug-likeness (QED) is 0.605. The number of carbonyl (C=O) groups excluding carboxylic acids is 1. The van der Waals surface area contributed by atoms with E-state index in [2.05, 4.69) is 20.3 Å². The molecule has 2 rings (SSSR count). The number of carboxylic acids is 1. The van der Waals surface area contributed by atoms with E-state index >= 15 is 0 Å². The molecule has 2 N–H and O–H groups in total. The zero-order chi connectivity index (χ0) is 16.8. The van der Waals surface area contributed by atoms with Gasteiger partial charge in [0, 0.05) is 5.56 Å². The lowest BCUT2D eigenvalue weighted by Crippen LogP contribution is -2.26. The van der Waals surface area contributed by atoms with Crippen molar-refractivity contribution in [1.29, 1.82) is 0 Å². The van der Waals surface area contributed by atoms with Crippen molar-refractivity contribution >= 4 is 35.0 Å². The summed E-state index contributed by atoms with van der Waals surface area (Å²) in [5, 5.41) is 17.9. The van der Waals surface area contributed by atoms with Crippen LogP contribution in [0.25, 0.3) is 0 Å². The Labute approximate surface area is 133 Å². The molecule has 1 saturated heterocycles. The lowest BCUT2D eigenvalue weighted by atomic mass is 10.2. The molecule has 1 fully saturated rings. The van der Waals surface area contributed by atoms with Crippen LogP contribution in [0.1, 0.15) is 12.0 Å². The standard InChI is InChI=1S/C13H11F2N3O4S/c14-12(15)22-8-4-2-1-3-7(8)6-16-18-13-17-11(21)9(23-13)5-10(19)20/h1-4,6,9,12H,5H2,(H,19,20)(H,17,18,21). The number of rotatable bonds is 6. The van der Waals surface area contributed by atoms with E-state index in [0.717, 1.165) is 11.8 Å². The Bertz CT molecular complexity index is 666. The van der Waals surface area contributed by atoms with Crippen LogP contribution in [0.3, 0.4) is 0 Å². The number of alkyl halides is 2. The first kappa shape index (κ1) is 16.9. The van der Waals surface area contributed by atoms with Crippen LogP contribution in [-0.4, -0.2) is 40.2 Å². The number of ether oxygens (including phenoxy) is 1. The number of halogens is 2. The van der Waals surface area contributed by atoms with Crippen LogP contribution >= 0.6 is 11.8 Å². The summed E-state index contributed by atoms with van der Waals surface area (Å²) in [5.74, 6) is -1.62. The molecule has 23 heavy (non-hydrogen) atoms. The highest BCUT2D eigenvalue weighted by molar-refractivity contribution is 8.15. The number of hydrogen-bond acceptors (Lipinski definition) is 6. The Morgan fingerprint density at radius 3 is 2.91 bits per heavy atom. The van der Waals surface area contributed by atoms with E-state index in [0.29, 0.717) is 0 Å². The highest BCUT2D eigenvalue weighted by atomic mass is 32.2. The normalized spacial score (nSPS) is 19.5. The molecular weight excluding hydrogens is 332 g/mol. The van der Waals surface area contributed by atoms with E-state index in [1.54, 1.807) is 6.07 Å². The number of benzene rings is 1. The molecule has 0 saturated carbocycles. The molecule has 122 valence electrons. The fraction of sp³-hybridized carbons (Fsp3) is 0.231. The fourth-order valence-corrected chi connectivity index (χ4v) is 2.59. The van der Waals surface area contributed by atoms with Crippen LogP contribution in [0.5, 0.6) is 5.75 Å². The maximum Gasteiger partial charge on any atom is 0.387 e. The van der Waals surface area contributed by atoms with Crippen LogP contribution in [0.2, 0.25) is 0 Å². The molecule has 1 aliphatic heterocycles. The van der Waals surface area contributed by atoms with Gasteiger partial charge in [-0.2, -0.15) is 13.9 Å². The minimum Gasteiger partial charge on any atom is -0.481 e. The Hall–Kier alpha value is -2.49. The molecule has 1 aromatic rings. The second-order valence-corrected chi connectivity index (χ2v) is 5.45. The SMILES string of the molecule is O=C(O)CC1SC(=NN=Cc2ccccc2OC(F)F)NC1=O. The van der Waals surface area contributed by atoms with E-state index in [1.807, 2.05) is 0 Å². The van der Waals surface area contributed by atoms with Crippen LogP contribution in [0.15, 0.2) is 34.5 Å². The van der Waals surface area contributed by atoms with Gasteiger partial charge in [-0.25, -0.2) is 0 Å². The minimum atomic E-state index is -2.96. The van der Waals surface area contributed by atoms with E-state index in [4.69, 9.17) is 5.11 Å². The number of nitrogens with zero attached hydrogens (tertiary/aromatic N) is 2. The van der Waals surface area contributed by atoms with Crippen molar-refractivity contribution in [3.8, 4) is 5.75 Å². The molecule has 1 heterocycles. The minimum absolute atomic E-state index is 0.0571. The van der Waals surface area contributed by atoms with E-state index in [9.17, 15) is 18.4 Å².